The van der Waals surface area contributed by atoms with Crippen LogP contribution in [0.15, 0.2) is 137 Å². The highest BCUT2D eigenvalue weighted by Crippen LogP contribution is 2.51. The number of nitrogens with zero attached hydrogens (tertiary/aromatic N) is 1. The fourth-order valence-corrected chi connectivity index (χ4v) is 13.4. The Bertz CT molecular complexity index is 2510. The summed E-state index contributed by atoms with van der Waals surface area (Å²) in [4.78, 5) is 2.60. The predicted molar refractivity (Wildman–Crippen MR) is 295 cm³/mol. The van der Waals surface area contributed by atoms with Crippen molar-refractivity contribution in [3.05, 3.63) is 153 Å². The predicted octanol–water partition coefficient (Wildman–Crippen LogP) is 16.8. The Balaban J connectivity index is 1.18. The molecule has 0 spiro atoms. The highest BCUT2D eigenvalue weighted by Gasteiger charge is 2.37. The van der Waals surface area contributed by atoms with Crippen LogP contribution in [-0.4, -0.2) is 25.3 Å². The van der Waals surface area contributed by atoms with Gasteiger partial charge in [0.25, 0.3) is 0 Å². The molecule has 1 fully saturated rings. The molecule has 67 heavy (non-hydrogen) atoms. The molecule has 2 nitrogen and oxygen atoms in total. The standard InChI is InChI=1S/C63H84BN2S/c1-41(2)51-25-24-49(35-58(51)61(7,8)9)65-30-18-31-66(32-27-47-34-57-48(21-17-28-63(57,12)13)33-55(47)46-19-15-14-16-20-46)50(36-52-44(5)26-29-62(10,11)45(52)6)39-64-59-40-67-60-38-54-43(4)23-22-42(3)53(54)37-56(59)60/h14-16,18-20,24-25,31,33,35-44,47,51,58,65H,6,17,21-23,26-30,32,34H2,1-5,7-13H3/b31-18+,50-39-,52-36-. The lowest BCUT2D eigenvalue weighted by molar-refractivity contribution is 0.196. The minimum absolute atomic E-state index is 0.0741. The van der Waals surface area contributed by atoms with E-state index < -0.39 is 0 Å². The molecular weight excluding hydrogens is 828 g/mol. The van der Waals surface area contributed by atoms with Gasteiger partial charge in [0.15, 0.2) is 7.28 Å². The third kappa shape index (κ3) is 10.9. The Morgan fingerprint density at radius 3 is 2.40 bits per heavy atom. The second-order valence-electron chi connectivity index (χ2n) is 24.3. The van der Waals surface area contributed by atoms with Gasteiger partial charge >= 0.3 is 0 Å². The van der Waals surface area contributed by atoms with Gasteiger partial charge in [-0.1, -0.05) is 161 Å². The Hall–Kier alpha value is -4.02. The first-order chi connectivity index (χ1) is 31.8. The summed E-state index contributed by atoms with van der Waals surface area (Å²) in [5.41, 5.74) is 16.4. The molecule has 6 unspecified atom stereocenters. The zero-order valence-electron chi connectivity index (χ0n) is 43.7. The first-order valence-electron chi connectivity index (χ1n) is 26.4. The molecule has 6 atom stereocenters. The molecule has 355 valence electrons. The summed E-state index contributed by atoms with van der Waals surface area (Å²) >= 11 is 1.91. The molecule has 2 aromatic carbocycles. The molecule has 0 bridgehead atoms. The molecule has 1 heterocycles. The summed E-state index contributed by atoms with van der Waals surface area (Å²) in [7, 11) is 2.43. The summed E-state index contributed by atoms with van der Waals surface area (Å²) in [5, 5.41) is 7.66. The van der Waals surface area contributed by atoms with Gasteiger partial charge in [-0.3, -0.25) is 0 Å². The lowest BCUT2D eigenvalue weighted by atomic mass is 9.65. The van der Waals surface area contributed by atoms with Crippen LogP contribution in [0.2, 0.25) is 0 Å². The van der Waals surface area contributed by atoms with E-state index in [0.29, 0.717) is 41.4 Å². The SMILES string of the molecule is C=C1/C(=C\C(=C\[B]c2csc3cc4c(cc23)C(C)CCC4C)N(/C=C/CNC2=CC(C(C)(C)C)C(C(C)C)C=C2)CCC2CC3=C(C=C2c2ccccc2)CCCC3(C)C)C(C)CCC1(C)C. The monoisotopic (exact) mass is 912 g/mol. The molecule has 1 radical (unpaired) electrons. The van der Waals surface area contributed by atoms with Gasteiger partial charge in [-0.15, -0.1) is 11.3 Å². The number of rotatable bonds is 13. The third-order valence-corrected chi connectivity index (χ3v) is 18.1. The molecule has 5 aliphatic rings. The maximum atomic E-state index is 4.82. The molecule has 8 rings (SSSR count). The average molecular weight is 912 g/mol. The van der Waals surface area contributed by atoms with E-state index in [4.69, 9.17) is 6.58 Å². The number of thiophene rings is 1. The molecule has 1 aromatic heterocycles. The molecule has 4 heteroatoms. The van der Waals surface area contributed by atoms with Crippen LogP contribution in [0, 0.1) is 45.8 Å². The lowest BCUT2D eigenvalue weighted by Gasteiger charge is -2.41. The zero-order valence-corrected chi connectivity index (χ0v) is 44.5. The number of allylic oxidation sites excluding steroid dienone is 10. The fraction of sp³-hybridized carbons (Fsp3) is 0.524. The molecule has 1 N–H and O–H groups in total. The van der Waals surface area contributed by atoms with Crippen molar-refractivity contribution in [2.45, 2.75) is 153 Å². The highest BCUT2D eigenvalue weighted by molar-refractivity contribution is 7.18. The van der Waals surface area contributed by atoms with E-state index in [1.54, 1.807) is 22.3 Å². The van der Waals surface area contributed by atoms with Crippen molar-refractivity contribution in [3.8, 4) is 0 Å². The normalized spacial score (nSPS) is 27.0. The third-order valence-electron chi connectivity index (χ3n) is 17.1. The Kier molecular flexibility index (Phi) is 14.9. The fourth-order valence-electron chi connectivity index (χ4n) is 12.4. The summed E-state index contributed by atoms with van der Waals surface area (Å²) in [6.45, 7) is 35.5. The Morgan fingerprint density at radius 1 is 0.955 bits per heavy atom. The second-order valence-corrected chi connectivity index (χ2v) is 25.2. The van der Waals surface area contributed by atoms with E-state index in [-0.39, 0.29) is 16.2 Å². The Morgan fingerprint density at radius 2 is 1.69 bits per heavy atom. The van der Waals surface area contributed by atoms with Crippen molar-refractivity contribution >= 4 is 39.7 Å². The second kappa shape index (κ2) is 20.1. The summed E-state index contributed by atoms with van der Waals surface area (Å²) in [6, 6.07) is 16.4. The molecule has 1 saturated carbocycles. The van der Waals surface area contributed by atoms with Crippen LogP contribution < -0.4 is 10.8 Å². The molecule has 3 aromatic rings. The van der Waals surface area contributed by atoms with Crippen LogP contribution in [0.5, 0.6) is 0 Å². The van der Waals surface area contributed by atoms with Crippen molar-refractivity contribution in [2.24, 2.45) is 45.8 Å². The van der Waals surface area contributed by atoms with E-state index in [1.807, 2.05) is 11.3 Å². The van der Waals surface area contributed by atoms with Crippen LogP contribution in [0.3, 0.4) is 0 Å². The highest BCUT2D eigenvalue weighted by atomic mass is 32.1. The van der Waals surface area contributed by atoms with E-state index in [0.717, 1.165) is 25.9 Å². The van der Waals surface area contributed by atoms with Gasteiger partial charge < -0.3 is 10.2 Å². The smallest absolute Gasteiger partial charge is 0.186 e. The van der Waals surface area contributed by atoms with E-state index in [1.165, 1.54) is 94.2 Å². The summed E-state index contributed by atoms with van der Waals surface area (Å²) in [6.07, 6.45) is 28.1. The van der Waals surface area contributed by atoms with Crippen LogP contribution in [0.1, 0.15) is 169 Å². The van der Waals surface area contributed by atoms with Gasteiger partial charge in [0, 0.05) is 35.4 Å². The summed E-state index contributed by atoms with van der Waals surface area (Å²) in [5.74, 6) is 6.22. The first kappa shape index (κ1) is 49.4. The van der Waals surface area contributed by atoms with Gasteiger partial charge in [0.1, 0.15) is 0 Å². The average Bonchev–Trinajstić information content (AvgIpc) is 3.69. The van der Waals surface area contributed by atoms with E-state index in [2.05, 4.69) is 197 Å². The van der Waals surface area contributed by atoms with Gasteiger partial charge in [0.05, 0.1) is 0 Å². The van der Waals surface area contributed by atoms with Crippen molar-refractivity contribution < 1.29 is 0 Å². The van der Waals surface area contributed by atoms with Crippen LogP contribution in [0.25, 0.3) is 15.7 Å². The maximum Gasteiger partial charge on any atom is 0.186 e. The first-order valence-corrected chi connectivity index (χ1v) is 27.3. The van der Waals surface area contributed by atoms with E-state index >= 15 is 0 Å². The van der Waals surface area contributed by atoms with Gasteiger partial charge in [-0.2, -0.15) is 0 Å². The Labute approximate surface area is 412 Å². The van der Waals surface area contributed by atoms with Crippen molar-refractivity contribution in [3.63, 3.8) is 0 Å². The largest absolute Gasteiger partial charge is 0.382 e. The quantitative estimate of drug-likeness (QED) is 0.172. The number of nitrogens with one attached hydrogen (secondary N) is 1. The number of fused-ring (bicyclic) bond motifs is 2. The summed E-state index contributed by atoms with van der Waals surface area (Å²) < 4.78 is 1.41. The van der Waals surface area contributed by atoms with Crippen LogP contribution in [-0.2, 0) is 0 Å². The lowest BCUT2D eigenvalue weighted by Crippen LogP contribution is -2.32. The van der Waals surface area contributed by atoms with Gasteiger partial charge in [0.2, 0.25) is 0 Å². The molecule has 0 saturated heterocycles. The van der Waals surface area contributed by atoms with Gasteiger partial charge in [-0.25, -0.2) is 0 Å². The molecule has 0 aliphatic heterocycles. The number of benzene rings is 2. The minimum Gasteiger partial charge on any atom is -0.382 e. The zero-order chi connectivity index (χ0) is 47.8. The molecular formula is C63H84BN2S. The van der Waals surface area contributed by atoms with Gasteiger partial charge in [-0.05, 0) is 190 Å². The topological polar surface area (TPSA) is 15.3 Å². The molecule has 5 aliphatic carbocycles. The van der Waals surface area contributed by atoms with E-state index in [9.17, 15) is 0 Å². The molecule has 0 amide bonds. The van der Waals surface area contributed by atoms with Crippen molar-refractivity contribution in [1.82, 2.24) is 10.2 Å². The number of hydrogen-bond acceptors (Lipinski definition) is 3. The van der Waals surface area contributed by atoms with Crippen LogP contribution in [0.4, 0.5) is 0 Å². The minimum atomic E-state index is 0.0741. The van der Waals surface area contributed by atoms with Crippen LogP contribution >= 0.6 is 11.3 Å². The van der Waals surface area contributed by atoms with Crippen molar-refractivity contribution in [1.29, 1.82) is 0 Å². The number of hydrogen-bond donors (Lipinski definition) is 1. The maximum absolute atomic E-state index is 4.82. The van der Waals surface area contributed by atoms with Crippen molar-refractivity contribution in [2.75, 3.05) is 13.1 Å².